The molecule has 0 saturated heterocycles. The van der Waals surface area contributed by atoms with Gasteiger partial charge in [0.05, 0.1) is 6.54 Å². The number of guanidine groups is 1. The molecule has 0 saturated carbocycles. The SMILES string of the molecule is CCNC(=NCc1ccsc1)NCCc1ccccc1Cl. The normalized spacial score (nSPS) is 11.4. The van der Waals surface area contributed by atoms with E-state index in [0.717, 1.165) is 36.1 Å². The van der Waals surface area contributed by atoms with Crippen LogP contribution in [-0.4, -0.2) is 19.0 Å². The highest BCUT2D eigenvalue weighted by molar-refractivity contribution is 7.07. The van der Waals surface area contributed by atoms with Crippen molar-refractivity contribution < 1.29 is 0 Å². The van der Waals surface area contributed by atoms with Crippen LogP contribution in [0.15, 0.2) is 46.1 Å². The van der Waals surface area contributed by atoms with Crippen molar-refractivity contribution in [1.29, 1.82) is 0 Å². The zero-order valence-corrected chi connectivity index (χ0v) is 13.7. The van der Waals surface area contributed by atoms with Crippen LogP contribution in [0.5, 0.6) is 0 Å². The second kappa shape index (κ2) is 8.70. The van der Waals surface area contributed by atoms with Crippen LogP contribution >= 0.6 is 22.9 Å². The van der Waals surface area contributed by atoms with E-state index < -0.39 is 0 Å². The Morgan fingerprint density at radius 2 is 2.10 bits per heavy atom. The predicted molar refractivity (Wildman–Crippen MR) is 92.3 cm³/mol. The highest BCUT2D eigenvalue weighted by Crippen LogP contribution is 2.14. The molecular formula is C16H20ClN3S. The summed E-state index contributed by atoms with van der Waals surface area (Å²) in [6, 6.07) is 10.0. The molecule has 0 aliphatic heterocycles. The maximum absolute atomic E-state index is 6.16. The standard InChI is InChI=1S/C16H20ClN3S/c1-2-18-16(20-11-13-8-10-21-12-13)19-9-7-14-5-3-4-6-15(14)17/h3-6,8,10,12H,2,7,9,11H2,1H3,(H2,18,19,20). The predicted octanol–water partition coefficient (Wildman–Crippen LogP) is 3.70. The maximum atomic E-state index is 6.16. The van der Waals surface area contributed by atoms with Crippen molar-refractivity contribution in [3.8, 4) is 0 Å². The number of halogens is 1. The fraction of sp³-hybridized carbons (Fsp3) is 0.312. The number of nitrogens with one attached hydrogen (secondary N) is 2. The minimum Gasteiger partial charge on any atom is -0.357 e. The summed E-state index contributed by atoms with van der Waals surface area (Å²) in [6.07, 6.45) is 0.878. The smallest absolute Gasteiger partial charge is 0.191 e. The number of hydrogen-bond acceptors (Lipinski definition) is 2. The zero-order valence-electron chi connectivity index (χ0n) is 12.1. The van der Waals surface area contributed by atoms with E-state index in [1.807, 2.05) is 18.2 Å². The average molecular weight is 322 g/mol. The van der Waals surface area contributed by atoms with E-state index in [1.54, 1.807) is 11.3 Å². The molecule has 0 atom stereocenters. The van der Waals surface area contributed by atoms with Crippen LogP contribution in [0.25, 0.3) is 0 Å². The van der Waals surface area contributed by atoms with Crippen LogP contribution in [0.2, 0.25) is 5.02 Å². The lowest BCUT2D eigenvalue weighted by atomic mass is 10.1. The van der Waals surface area contributed by atoms with E-state index in [2.05, 4.69) is 45.4 Å². The molecule has 112 valence electrons. The van der Waals surface area contributed by atoms with Crippen molar-refractivity contribution in [1.82, 2.24) is 10.6 Å². The summed E-state index contributed by atoms with van der Waals surface area (Å²) in [4.78, 5) is 4.58. The van der Waals surface area contributed by atoms with Crippen LogP contribution in [-0.2, 0) is 13.0 Å². The van der Waals surface area contributed by atoms with Gasteiger partial charge in [0, 0.05) is 18.1 Å². The van der Waals surface area contributed by atoms with Gasteiger partial charge in [-0.25, -0.2) is 4.99 Å². The van der Waals surface area contributed by atoms with Gasteiger partial charge < -0.3 is 10.6 Å². The number of aliphatic imine (C=N–C) groups is 1. The monoisotopic (exact) mass is 321 g/mol. The molecule has 0 amide bonds. The number of rotatable bonds is 6. The number of thiophene rings is 1. The Morgan fingerprint density at radius 3 is 2.81 bits per heavy atom. The molecule has 1 aromatic heterocycles. The lowest BCUT2D eigenvalue weighted by molar-refractivity contribution is 0.800. The quantitative estimate of drug-likeness (QED) is 0.628. The highest BCUT2D eigenvalue weighted by atomic mass is 35.5. The van der Waals surface area contributed by atoms with Crippen LogP contribution in [0.4, 0.5) is 0 Å². The first-order valence-corrected chi connectivity index (χ1v) is 8.38. The Bertz CT molecular complexity index is 567. The van der Waals surface area contributed by atoms with Gasteiger partial charge in [-0.2, -0.15) is 11.3 Å². The maximum Gasteiger partial charge on any atom is 0.191 e. The van der Waals surface area contributed by atoms with Crippen molar-refractivity contribution in [2.24, 2.45) is 4.99 Å². The van der Waals surface area contributed by atoms with E-state index in [0.29, 0.717) is 6.54 Å². The van der Waals surface area contributed by atoms with Crippen LogP contribution in [0, 0.1) is 0 Å². The average Bonchev–Trinajstić information content (AvgIpc) is 3.00. The van der Waals surface area contributed by atoms with Gasteiger partial charge in [-0.1, -0.05) is 29.8 Å². The molecule has 0 unspecified atom stereocenters. The van der Waals surface area contributed by atoms with Crippen molar-refractivity contribution in [2.75, 3.05) is 13.1 Å². The van der Waals surface area contributed by atoms with Gasteiger partial charge in [0.15, 0.2) is 5.96 Å². The summed E-state index contributed by atoms with van der Waals surface area (Å²) in [5.41, 5.74) is 2.39. The second-order valence-corrected chi connectivity index (χ2v) is 5.78. The minimum atomic E-state index is 0.699. The Morgan fingerprint density at radius 1 is 1.24 bits per heavy atom. The Balaban J connectivity index is 1.85. The zero-order chi connectivity index (χ0) is 14.9. The molecular weight excluding hydrogens is 302 g/mol. The molecule has 1 heterocycles. The first-order valence-electron chi connectivity index (χ1n) is 7.06. The lowest BCUT2D eigenvalue weighted by Gasteiger charge is -2.11. The van der Waals surface area contributed by atoms with E-state index in [4.69, 9.17) is 11.6 Å². The molecule has 0 aliphatic carbocycles. The summed E-state index contributed by atoms with van der Waals surface area (Å²) in [6.45, 7) is 4.42. The number of nitrogens with zero attached hydrogens (tertiary/aromatic N) is 1. The molecule has 0 spiro atoms. The first kappa shape index (κ1) is 15.9. The fourth-order valence-electron chi connectivity index (χ4n) is 1.91. The summed E-state index contributed by atoms with van der Waals surface area (Å²) in [5, 5.41) is 11.6. The third-order valence-electron chi connectivity index (χ3n) is 2.99. The Hall–Kier alpha value is -1.52. The van der Waals surface area contributed by atoms with Gasteiger partial charge >= 0.3 is 0 Å². The summed E-state index contributed by atoms with van der Waals surface area (Å²) < 4.78 is 0. The molecule has 0 aliphatic rings. The number of hydrogen-bond donors (Lipinski definition) is 2. The molecule has 3 nitrogen and oxygen atoms in total. The van der Waals surface area contributed by atoms with Gasteiger partial charge in [0.1, 0.15) is 0 Å². The van der Waals surface area contributed by atoms with E-state index in [9.17, 15) is 0 Å². The molecule has 0 fully saturated rings. The number of benzene rings is 1. The third-order valence-corrected chi connectivity index (χ3v) is 4.09. The summed E-state index contributed by atoms with van der Waals surface area (Å²) in [7, 11) is 0. The molecule has 21 heavy (non-hydrogen) atoms. The van der Waals surface area contributed by atoms with Gasteiger partial charge in [-0.15, -0.1) is 0 Å². The summed E-state index contributed by atoms with van der Waals surface area (Å²) in [5.74, 6) is 0.843. The van der Waals surface area contributed by atoms with Crippen molar-refractivity contribution in [3.05, 3.63) is 57.2 Å². The largest absolute Gasteiger partial charge is 0.357 e. The highest BCUT2D eigenvalue weighted by Gasteiger charge is 2.01. The van der Waals surface area contributed by atoms with Gasteiger partial charge in [0.25, 0.3) is 0 Å². The van der Waals surface area contributed by atoms with Gasteiger partial charge in [0.2, 0.25) is 0 Å². The topological polar surface area (TPSA) is 36.4 Å². The Kier molecular flexibility index (Phi) is 6.57. The molecule has 0 bridgehead atoms. The molecule has 0 radical (unpaired) electrons. The third kappa shape index (κ3) is 5.40. The van der Waals surface area contributed by atoms with Gasteiger partial charge in [-0.05, 0) is 47.4 Å². The van der Waals surface area contributed by atoms with E-state index >= 15 is 0 Å². The fourth-order valence-corrected chi connectivity index (χ4v) is 2.80. The van der Waals surface area contributed by atoms with Crippen molar-refractivity contribution in [3.63, 3.8) is 0 Å². The molecule has 5 heteroatoms. The van der Waals surface area contributed by atoms with Crippen LogP contribution < -0.4 is 10.6 Å². The Labute approximate surface area is 135 Å². The molecule has 2 aromatic rings. The minimum absolute atomic E-state index is 0.699. The molecule has 2 N–H and O–H groups in total. The van der Waals surface area contributed by atoms with Crippen molar-refractivity contribution in [2.45, 2.75) is 19.9 Å². The lowest BCUT2D eigenvalue weighted by Crippen LogP contribution is -2.38. The summed E-state index contributed by atoms with van der Waals surface area (Å²) >= 11 is 7.85. The van der Waals surface area contributed by atoms with Crippen LogP contribution in [0.1, 0.15) is 18.1 Å². The second-order valence-electron chi connectivity index (χ2n) is 4.59. The van der Waals surface area contributed by atoms with Crippen molar-refractivity contribution >= 4 is 28.9 Å². The molecule has 2 rings (SSSR count). The van der Waals surface area contributed by atoms with Crippen LogP contribution in [0.3, 0.4) is 0 Å². The van der Waals surface area contributed by atoms with E-state index in [1.165, 1.54) is 5.56 Å². The van der Waals surface area contributed by atoms with E-state index in [-0.39, 0.29) is 0 Å². The van der Waals surface area contributed by atoms with Gasteiger partial charge in [-0.3, -0.25) is 0 Å². The molecule has 1 aromatic carbocycles. The first-order chi connectivity index (χ1) is 10.3.